The number of carboxylic acid groups (broad SMARTS) is 1. The second-order valence-electron chi connectivity index (χ2n) is 4.92. The van der Waals surface area contributed by atoms with Crippen molar-refractivity contribution < 1.29 is 9.90 Å². The van der Waals surface area contributed by atoms with Crippen LogP contribution in [-0.2, 0) is 4.79 Å². The molecule has 1 heterocycles. The largest absolute Gasteiger partial charge is 0.480 e. The van der Waals surface area contributed by atoms with E-state index in [0.29, 0.717) is 0 Å². The van der Waals surface area contributed by atoms with Gasteiger partial charge in [-0.15, -0.1) is 0 Å². The molecule has 2 rings (SSSR count). The molecule has 0 bridgehead atoms. The summed E-state index contributed by atoms with van der Waals surface area (Å²) in [5, 5.41) is 10.2. The lowest BCUT2D eigenvalue weighted by molar-refractivity contribution is -0.139. The minimum absolute atomic E-state index is 0.162. The van der Waals surface area contributed by atoms with Crippen LogP contribution >= 0.6 is 0 Å². The molecule has 0 radical (unpaired) electrons. The molecule has 1 unspecified atom stereocenters. The quantitative estimate of drug-likeness (QED) is 0.774. The lowest BCUT2D eigenvalue weighted by atomic mass is 9.82. The molecule has 0 spiro atoms. The minimum atomic E-state index is -0.959. The van der Waals surface area contributed by atoms with Gasteiger partial charge < -0.3 is 15.8 Å². The number of benzene rings is 1. The molecule has 2 atom stereocenters. The third-order valence-corrected chi connectivity index (χ3v) is 3.37. The summed E-state index contributed by atoms with van der Waals surface area (Å²) in [6, 6.07) is 6.98. The molecule has 0 saturated carbocycles. The maximum atomic E-state index is 11.1. The van der Waals surface area contributed by atoms with Crippen LogP contribution in [0.25, 0.3) is 10.9 Å². The summed E-state index contributed by atoms with van der Waals surface area (Å²) in [6.45, 7) is 3.99. The zero-order valence-electron chi connectivity index (χ0n) is 10.6. The van der Waals surface area contributed by atoms with Crippen molar-refractivity contribution in [1.82, 2.24) is 4.98 Å². The molecule has 1 aromatic carbocycles. The van der Waals surface area contributed by atoms with Gasteiger partial charge >= 0.3 is 5.97 Å². The van der Waals surface area contributed by atoms with E-state index in [1.807, 2.05) is 44.3 Å². The lowest BCUT2D eigenvalue weighted by Gasteiger charge is -2.24. The first kappa shape index (κ1) is 12.6. The van der Waals surface area contributed by atoms with Crippen molar-refractivity contribution in [3.63, 3.8) is 0 Å². The Bertz CT molecular complexity index is 560. The van der Waals surface area contributed by atoms with Gasteiger partial charge in [-0.25, -0.2) is 0 Å². The van der Waals surface area contributed by atoms with E-state index in [4.69, 9.17) is 10.8 Å². The van der Waals surface area contributed by atoms with Crippen molar-refractivity contribution in [2.75, 3.05) is 0 Å². The van der Waals surface area contributed by atoms with Crippen LogP contribution in [0.5, 0.6) is 0 Å². The number of aromatic nitrogens is 1. The number of H-pyrrole nitrogens is 1. The van der Waals surface area contributed by atoms with Crippen LogP contribution in [0.15, 0.2) is 30.5 Å². The van der Waals surface area contributed by atoms with Crippen molar-refractivity contribution in [3.05, 3.63) is 36.0 Å². The highest BCUT2D eigenvalue weighted by molar-refractivity contribution is 5.85. The maximum absolute atomic E-state index is 11.1. The van der Waals surface area contributed by atoms with Gasteiger partial charge in [0.1, 0.15) is 6.04 Å². The number of rotatable bonds is 4. The first-order chi connectivity index (χ1) is 8.52. The average Bonchev–Trinajstić information content (AvgIpc) is 2.73. The van der Waals surface area contributed by atoms with Crippen LogP contribution in [0.2, 0.25) is 0 Å². The third kappa shape index (κ3) is 2.11. The molecule has 0 aliphatic rings. The van der Waals surface area contributed by atoms with Crippen molar-refractivity contribution in [2.45, 2.75) is 25.8 Å². The molecule has 96 valence electrons. The van der Waals surface area contributed by atoms with Crippen molar-refractivity contribution in [1.29, 1.82) is 0 Å². The molecule has 2 aromatic rings. The van der Waals surface area contributed by atoms with E-state index in [9.17, 15) is 4.79 Å². The van der Waals surface area contributed by atoms with Gasteiger partial charge in [0, 0.05) is 23.0 Å². The second kappa shape index (κ2) is 4.82. The Balaban J connectivity index is 2.52. The highest BCUT2D eigenvalue weighted by Gasteiger charge is 2.30. The highest BCUT2D eigenvalue weighted by atomic mass is 16.4. The molecule has 0 amide bonds. The topological polar surface area (TPSA) is 79.1 Å². The summed E-state index contributed by atoms with van der Waals surface area (Å²) in [7, 11) is 0. The Kier molecular flexibility index (Phi) is 3.39. The fraction of sp³-hybridized carbons (Fsp3) is 0.357. The number of carbonyl (C=O) groups is 1. The van der Waals surface area contributed by atoms with E-state index in [-0.39, 0.29) is 11.8 Å². The minimum Gasteiger partial charge on any atom is -0.480 e. The molecule has 1 aromatic heterocycles. The molecule has 0 aliphatic heterocycles. The van der Waals surface area contributed by atoms with E-state index in [0.717, 1.165) is 16.5 Å². The van der Waals surface area contributed by atoms with Crippen molar-refractivity contribution in [3.8, 4) is 0 Å². The van der Waals surface area contributed by atoms with E-state index in [1.54, 1.807) is 0 Å². The molecule has 0 saturated heterocycles. The van der Waals surface area contributed by atoms with E-state index >= 15 is 0 Å². The number of hydrogen-bond donors (Lipinski definition) is 3. The number of nitrogens with two attached hydrogens (primary N) is 1. The zero-order chi connectivity index (χ0) is 13.3. The van der Waals surface area contributed by atoms with Crippen LogP contribution in [0.1, 0.15) is 25.3 Å². The van der Waals surface area contributed by atoms with Gasteiger partial charge in [0.15, 0.2) is 0 Å². The van der Waals surface area contributed by atoms with E-state index in [1.165, 1.54) is 0 Å². The predicted octanol–water partition coefficient (Wildman–Crippen LogP) is 2.32. The Labute approximate surface area is 106 Å². The molecule has 0 fully saturated rings. The Morgan fingerprint density at radius 1 is 1.33 bits per heavy atom. The monoisotopic (exact) mass is 246 g/mol. The summed E-state index contributed by atoms with van der Waals surface area (Å²) < 4.78 is 0. The fourth-order valence-corrected chi connectivity index (χ4v) is 2.49. The first-order valence-electron chi connectivity index (χ1n) is 6.06. The number of hydrogen-bond acceptors (Lipinski definition) is 2. The van der Waals surface area contributed by atoms with Crippen LogP contribution < -0.4 is 5.73 Å². The molecule has 0 aliphatic carbocycles. The van der Waals surface area contributed by atoms with Crippen molar-refractivity contribution in [2.24, 2.45) is 11.7 Å². The predicted molar refractivity (Wildman–Crippen MR) is 71.5 cm³/mol. The zero-order valence-corrected chi connectivity index (χ0v) is 10.6. The van der Waals surface area contributed by atoms with Gasteiger partial charge in [-0.2, -0.15) is 0 Å². The second-order valence-corrected chi connectivity index (χ2v) is 4.92. The number of aliphatic carboxylic acids is 1. The van der Waals surface area contributed by atoms with E-state index in [2.05, 4.69) is 4.98 Å². The molecule has 4 heteroatoms. The summed E-state index contributed by atoms with van der Waals surface area (Å²) in [5.74, 6) is -0.993. The van der Waals surface area contributed by atoms with Crippen LogP contribution in [0.3, 0.4) is 0 Å². The van der Waals surface area contributed by atoms with Gasteiger partial charge in [0.05, 0.1) is 0 Å². The summed E-state index contributed by atoms with van der Waals surface area (Å²) in [5.41, 5.74) is 7.82. The maximum Gasteiger partial charge on any atom is 0.321 e. The van der Waals surface area contributed by atoms with Gasteiger partial charge in [0.2, 0.25) is 0 Å². The number of para-hydroxylation sites is 1. The standard InChI is InChI=1S/C14H18N2O2/c1-8(2)12(13(15)14(17)18)10-7-16-11-6-4-3-5-9(10)11/h3-8,12-13,16H,15H2,1-2H3,(H,17,18)/t12?,13-/m0/s1. The smallest absolute Gasteiger partial charge is 0.321 e. The van der Waals surface area contributed by atoms with Gasteiger partial charge in [-0.05, 0) is 17.5 Å². The van der Waals surface area contributed by atoms with Crippen LogP contribution in [0.4, 0.5) is 0 Å². The van der Waals surface area contributed by atoms with Gasteiger partial charge in [-0.1, -0.05) is 32.0 Å². The number of nitrogens with one attached hydrogen (secondary N) is 1. The molecule has 4 nitrogen and oxygen atoms in total. The third-order valence-electron chi connectivity index (χ3n) is 3.37. The summed E-state index contributed by atoms with van der Waals surface area (Å²) in [6.07, 6.45) is 1.87. The molecule has 4 N–H and O–H groups in total. The number of fused-ring (bicyclic) bond motifs is 1. The normalized spacial score (nSPS) is 14.9. The molecule has 18 heavy (non-hydrogen) atoms. The Morgan fingerprint density at radius 3 is 2.61 bits per heavy atom. The number of aromatic amines is 1. The van der Waals surface area contributed by atoms with E-state index < -0.39 is 12.0 Å². The van der Waals surface area contributed by atoms with Crippen LogP contribution in [0, 0.1) is 5.92 Å². The number of carboxylic acids is 1. The fourth-order valence-electron chi connectivity index (χ4n) is 2.49. The van der Waals surface area contributed by atoms with Crippen molar-refractivity contribution >= 4 is 16.9 Å². The molecular formula is C14H18N2O2. The van der Waals surface area contributed by atoms with Gasteiger partial charge in [0.25, 0.3) is 0 Å². The summed E-state index contributed by atoms with van der Waals surface area (Å²) >= 11 is 0. The molecular weight excluding hydrogens is 228 g/mol. The Hall–Kier alpha value is -1.81. The average molecular weight is 246 g/mol. The SMILES string of the molecule is CC(C)C(c1c[nH]c2ccccc12)[C@H](N)C(=O)O. The Morgan fingerprint density at radius 2 is 2.00 bits per heavy atom. The van der Waals surface area contributed by atoms with Crippen LogP contribution in [-0.4, -0.2) is 22.1 Å². The first-order valence-corrected chi connectivity index (χ1v) is 6.06. The summed E-state index contributed by atoms with van der Waals surface area (Å²) in [4.78, 5) is 14.3. The highest BCUT2D eigenvalue weighted by Crippen LogP contribution is 2.32. The van der Waals surface area contributed by atoms with Gasteiger partial charge in [-0.3, -0.25) is 4.79 Å². The lowest BCUT2D eigenvalue weighted by Crippen LogP contribution is -2.38.